The molecule has 1 N–H and O–H groups in total. The average Bonchev–Trinajstić information content (AvgIpc) is 2.56. The number of anilines is 2. The molecule has 0 radical (unpaired) electrons. The van der Waals surface area contributed by atoms with Gasteiger partial charge in [0.2, 0.25) is 0 Å². The largest absolute Gasteiger partial charge is 0.471 e. The molecule has 6 nitrogen and oxygen atoms in total. The molecule has 156 valence electrons. The summed E-state index contributed by atoms with van der Waals surface area (Å²) in [5.74, 6) is -2.78. The number of fused-ring (bicyclic) bond motifs is 1. The van der Waals surface area contributed by atoms with Gasteiger partial charge >= 0.3 is 18.1 Å². The number of halogens is 4. The first-order valence-electron chi connectivity index (χ1n) is 8.49. The number of hydrogen-bond donors (Lipinski definition) is 1. The minimum atomic E-state index is -5.06. The molecule has 28 heavy (non-hydrogen) atoms. The van der Waals surface area contributed by atoms with Gasteiger partial charge in [-0.1, -0.05) is 11.6 Å². The first-order chi connectivity index (χ1) is 12.8. The maximum absolute atomic E-state index is 13.0. The van der Waals surface area contributed by atoms with Crippen LogP contribution in [0.2, 0.25) is 5.02 Å². The van der Waals surface area contributed by atoms with Crippen LogP contribution in [-0.2, 0) is 19.1 Å². The van der Waals surface area contributed by atoms with Crippen molar-refractivity contribution in [2.75, 3.05) is 30.4 Å². The van der Waals surface area contributed by atoms with Crippen LogP contribution in [-0.4, -0.2) is 43.9 Å². The van der Waals surface area contributed by atoms with Gasteiger partial charge in [-0.3, -0.25) is 9.69 Å². The fourth-order valence-electron chi connectivity index (χ4n) is 2.96. The molecule has 0 spiro atoms. The molecule has 1 aliphatic rings. The lowest BCUT2D eigenvalue weighted by atomic mass is 9.98. The van der Waals surface area contributed by atoms with E-state index in [1.54, 1.807) is 27.7 Å². The normalized spacial score (nSPS) is 15.5. The molecule has 1 heterocycles. The molecule has 2 rings (SSSR count). The molecule has 1 aliphatic heterocycles. The predicted molar refractivity (Wildman–Crippen MR) is 98.7 cm³/mol. The molecule has 0 saturated carbocycles. The first-order valence-corrected chi connectivity index (χ1v) is 8.87. The average molecular weight is 423 g/mol. The van der Waals surface area contributed by atoms with E-state index in [1.807, 2.05) is 0 Å². The number of benzene rings is 1. The van der Waals surface area contributed by atoms with Crippen molar-refractivity contribution < 1.29 is 32.2 Å². The number of methoxy groups -OCH3 is 1. The van der Waals surface area contributed by atoms with Crippen LogP contribution in [0, 0.1) is 6.92 Å². The van der Waals surface area contributed by atoms with Crippen molar-refractivity contribution >= 4 is 34.9 Å². The zero-order chi connectivity index (χ0) is 21.4. The highest BCUT2D eigenvalue weighted by molar-refractivity contribution is 6.36. The lowest BCUT2D eigenvalue weighted by Gasteiger charge is -2.34. The Labute approximate surface area is 165 Å². The maximum Gasteiger partial charge on any atom is 0.471 e. The second-order valence-electron chi connectivity index (χ2n) is 7.33. The summed E-state index contributed by atoms with van der Waals surface area (Å²) in [6.07, 6.45) is -6.33. The summed E-state index contributed by atoms with van der Waals surface area (Å²) < 4.78 is 49.7. The fraction of sp³-hybridized carbons (Fsp3) is 0.556. The third kappa shape index (κ3) is 4.52. The van der Waals surface area contributed by atoms with Gasteiger partial charge < -0.3 is 14.8 Å². The van der Waals surface area contributed by atoms with Crippen LogP contribution in [0.3, 0.4) is 0 Å². The summed E-state index contributed by atoms with van der Waals surface area (Å²) >= 11 is 6.46. The molecule has 0 bridgehead atoms. The van der Waals surface area contributed by atoms with Crippen LogP contribution in [0.5, 0.6) is 0 Å². The third-order valence-corrected chi connectivity index (χ3v) is 4.43. The van der Waals surface area contributed by atoms with Crippen LogP contribution >= 0.6 is 11.6 Å². The van der Waals surface area contributed by atoms with Crippen LogP contribution in [0.4, 0.5) is 24.5 Å². The number of carbonyl (C=O) groups is 2. The Balaban J connectivity index is 2.68. The fourth-order valence-corrected chi connectivity index (χ4v) is 3.41. The number of ether oxygens (including phenoxy) is 2. The molecule has 1 unspecified atom stereocenters. The van der Waals surface area contributed by atoms with E-state index < -0.39 is 29.8 Å². The topological polar surface area (TPSA) is 67.9 Å². The van der Waals surface area contributed by atoms with Crippen LogP contribution in [0.15, 0.2) is 6.07 Å². The van der Waals surface area contributed by atoms with Crippen LogP contribution in [0.25, 0.3) is 0 Å². The zero-order valence-electron chi connectivity index (χ0n) is 16.2. The SMILES string of the molecule is COC(=O)C(OC(C)(C)C)c1c(C)cc2c(c1Cl)N(C(=O)C(F)(F)F)CCN2. The smallest absolute Gasteiger partial charge is 0.467 e. The summed E-state index contributed by atoms with van der Waals surface area (Å²) in [6, 6.07) is 1.54. The minimum absolute atomic E-state index is 0.128. The Morgan fingerprint density at radius 1 is 1.29 bits per heavy atom. The van der Waals surface area contributed by atoms with Crippen LogP contribution < -0.4 is 10.2 Å². The second kappa shape index (κ2) is 7.79. The molecule has 0 aromatic heterocycles. The van der Waals surface area contributed by atoms with E-state index in [0.29, 0.717) is 10.5 Å². The standard InChI is InChI=1S/C18H22ClF3N2O4/c1-9-8-10-13(24(7-6-23-10)16(26)18(20,21)22)12(19)11(9)14(15(25)27-5)28-17(2,3)4/h8,14,23H,6-7H2,1-5H3. The highest BCUT2D eigenvalue weighted by atomic mass is 35.5. The van der Waals surface area contributed by atoms with Crippen molar-refractivity contribution in [2.45, 2.75) is 45.6 Å². The minimum Gasteiger partial charge on any atom is -0.467 e. The predicted octanol–water partition coefficient (Wildman–Crippen LogP) is 4.00. The number of nitrogens with one attached hydrogen (secondary N) is 1. The summed E-state index contributed by atoms with van der Waals surface area (Å²) in [4.78, 5) is 24.8. The number of nitrogens with zero attached hydrogens (tertiary/aromatic N) is 1. The maximum atomic E-state index is 13.0. The van der Waals surface area contributed by atoms with E-state index in [1.165, 1.54) is 13.2 Å². The number of rotatable bonds is 3. The van der Waals surface area contributed by atoms with Crippen molar-refractivity contribution in [2.24, 2.45) is 0 Å². The lowest BCUT2D eigenvalue weighted by molar-refractivity contribution is -0.170. The molecule has 1 aromatic rings. The Bertz CT molecular complexity index is 791. The summed E-state index contributed by atoms with van der Waals surface area (Å²) in [7, 11) is 1.17. The second-order valence-corrected chi connectivity index (χ2v) is 7.71. The molecule has 10 heteroatoms. The van der Waals surface area contributed by atoms with E-state index >= 15 is 0 Å². The van der Waals surface area contributed by atoms with Gasteiger partial charge in [-0.15, -0.1) is 0 Å². The Morgan fingerprint density at radius 3 is 2.39 bits per heavy atom. The van der Waals surface area contributed by atoms with Gasteiger partial charge in [-0.05, 0) is 39.3 Å². The number of amides is 1. The Hall–Kier alpha value is -2.00. The van der Waals surface area contributed by atoms with Gasteiger partial charge in [0, 0.05) is 18.7 Å². The number of carbonyl (C=O) groups excluding carboxylic acids is 2. The lowest BCUT2D eigenvalue weighted by Crippen LogP contribution is -2.46. The Morgan fingerprint density at radius 2 is 1.89 bits per heavy atom. The highest BCUT2D eigenvalue weighted by Crippen LogP contribution is 2.45. The zero-order valence-corrected chi connectivity index (χ0v) is 16.9. The number of alkyl halides is 3. The highest BCUT2D eigenvalue weighted by Gasteiger charge is 2.45. The molecule has 0 saturated heterocycles. The monoisotopic (exact) mass is 422 g/mol. The molecule has 1 aromatic carbocycles. The van der Waals surface area contributed by atoms with Crippen LogP contribution in [0.1, 0.15) is 38.0 Å². The molecule has 0 aliphatic carbocycles. The number of esters is 1. The summed E-state index contributed by atoms with van der Waals surface area (Å²) in [6.45, 7) is 6.69. The molecule has 0 fully saturated rings. The van der Waals surface area contributed by atoms with Gasteiger partial charge in [0.1, 0.15) is 0 Å². The Kier molecular flexibility index (Phi) is 6.20. The molecule has 1 atom stereocenters. The van der Waals surface area contributed by atoms with Gasteiger partial charge in [0.05, 0.1) is 29.1 Å². The van der Waals surface area contributed by atoms with Gasteiger partial charge in [0.15, 0.2) is 6.10 Å². The van der Waals surface area contributed by atoms with Crippen molar-refractivity contribution in [3.63, 3.8) is 0 Å². The van der Waals surface area contributed by atoms with Crippen molar-refractivity contribution in [3.05, 3.63) is 22.2 Å². The molecule has 1 amide bonds. The van der Waals surface area contributed by atoms with Crippen molar-refractivity contribution in [1.29, 1.82) is 0 Å². The van der Waals surface area contributed by atoms with E-state index in [2.05, 4.69) is 5.32 Å². The number of hydrogen-bond acceptors (Lipinski definition) is 5. The van der Waals surface area contributed by atoms with E-state index in [0.717, 1.165) is 0 Å². The first kappa shape index (κ1) is 22.3. The third-order valence-electron chi connectivity index (χ3n) is 4.04. The summed E-state index contributed by atoms with van der Waals surface area (Å²) in [5.41, 5.74) is 0.0318. The van der Waals surface area contributed by atoms with E-state index in [9.17, 15) is 22.8 Å². The molecular weight excluding hydrogens is 401 g/mol. The number of aryl methyl sites for hydroxylation is 1. The quantitative estimate of drug-likeness (QED) is 0.746. The van der Waals surface area contributed by atoms with Crippen molar-refractivity contribution in [1.82, 2.24) is 0 Å². The van der Waals surface area contributed by atoms with Crippen molar-refractivity contribution in [3.8, 4) is 0 Å². The van der Waals surface area contributed by atoms with E-state index in [-0.39, 0.29) is 35.1 Å². The summed E-state index contributed by atoms with van der Waals surface area (Å²) in [5, 5.41) is 2.77. The van der Waals surface area contributed by atoms with Gasteiger partial charge in [0.25, 0.3) is 0 Å². The van der Waals surface area contributed by atoms with Gasteiger partial charge in [-0.2, -0.15) is 13.2 Å². The van der Waals surface area contributed by atoms with E-state index in [4.69, 9.17) is 21.1 Å². The van der Waals surface area contributed by atoms with Gasteiger partial charge in [-0.25, -0.2) is 4.79 Å². The molecular formula is C18H22ClF3N2O4.